The fourth-order valence-corrected chi connectivity index (χ4v) is 3.58. The number of nitrogens with one attached hydrogen (secondary N) is 1. The molecule has 1 aliphatic heterocycles. The number of para-hydroxylation sites is 2. The molecule has 0 saturated carbocycles. The molecule has 2 amide bonds. The van der Waals surface area contributed by atoms with Gasteiger partial charge in [-0.15, -0.1) is 0 Å². The SMILES string of the molecule is Cn1c(=O)c2c(ncn2CC(=O)Nc2ccccc2N2CCCC2=O)n(C)c1=O. The van der Waals surface area contributed by atoms with Gasteiger partial charge in [-0.25, -0.2) is 9.78 Å². The van der Waals surface area contributed by atoms with Gasteiger partial charge in [0, 0.05) is 27.1 Å². The summed E-state index contributed by atoms with van der Waals surface area (Å²) in [5, 5.41) is 2.81. The van der Waals surface area contributed by atoms with Crippen LogP contribution in [0.4, 0.5) is 11.4 Å². The molecule has 1 saturated heterocycles. The third-order valence-electron chi connectivity index (χ3n) is 5.07. The summed E-state index contributed by atoms with van der Waals surface area (Å²) < 4.78 is 3.65. The van der Waals surface area contributed by atoms with Crippen molar-refractivity contribution >= 4 is 34.4 Å². The zero-order valence-electron chi connectivity index (χ0n) is 16.1. The maximum absolute atomic E-state index is 12.7. The molecule has 3 aromatic rings. The highest BCUT2D eigenvalue weighted by atomic mass is 16.2. The van der Waals surface area contributed by atoms with E-state index in [0.29, 0.717) is 24.3 Å². The first-order valence-corrected chi connectivity index (χ1v) is 9.18. The number of rotatable bonds is 4. The molecule has 0 aliphatic carbocycles. The Labute approximate surface area is 165 Å². The van der Waals surface area contributed by atoms with Crippen LogP contribution < -0.4 is 21.5 Å². The summed E-state index contributed by atoms with van der Waals surface area (Å²) in [6.07, 6.45) is 2.64. The number of benzene rings is 1. The molecule has 1 N–H and O–H groups in total. The van der Waals surface area contributed by atoms with Crippen LogP contribution in [0.25, 0.3) is 11.2 Å². The highest BCUT2D eigenvalue weighted by molar-refractivity contribution is 6.02. The minimum absolute atomic E-state index is 0.0247. The number of anilines is 2. The van der Waals surface area contributed by atoms with E-state index >= 15 is 0 Å². The Kier molecular flexibility index (Phi) is 4.53. The maximum Gasteiger partial charge on any atom is 0.332 e. The van der Waals surface area contributed by atoms with E-state index < -0.39 is 11.2 Å². The summed E-state index contributed by atoms with van der Waals surface area (Å²) >= 11 is 0. The minimum atomic E-state index is -0.517. The first-order chi connectivity index (χ1) is 13.9. The zero-order chi connectivity index (χ0) is 20.7. The lowest BCUT2D eigenvalue weighted by Crippen LogP contribution is -2.37. The molecule has 1 fully saturated rings. The standard InChI is InChI=1S/C19H20N6O4/c1-22-17-16(18(28)23(2)19(22)29)24(11-20-17)10-14(26)21-12-6-3-4-7-13(12)25-9-5-8-15(25)27/h3-4,6-7,11H,5,8-10H2,1-2H3,(H,21,26). The number of carbonyl (C=O) groups excluding carboxylic acids is 2. The van der Waals surface area contributed by atoms with Crippen LogP contribution in [0.5, 0.6) is 0 Å². The number of carbonyl (C=O) groups is 2. The third-order valence-corrected chi connectivity index (χ3v) is 5.07. The summed E-state index contributed by atoms with van der Waals surface area (Å²) in [6, 6.07) is 7.10. The van der Waals surface area contributed by atoms with Gasteiger partial charge >= 0.3 is 5.69 Å². The minimum Gasteiger partial charge on any atom is -0.323 e. The number of aromatic nitrogens is 4. The van der Waals surface area contributed by atoms with Gasteiger partial charge in [-0.2, -0.15) is 0 Å². The molecule has 0 atom stereocenters. The van der Waals surface area contributed by atoms with E-state index in [4.69, 9.17) is 0 Å². The van der Waals surface area contributed by atoms with Crippen molar-refractivity contribution in [3.05, 3.63) is 51.4 Å². The number of fused-ring (bicyclic) bond motifs is 1. The molecule has 3 heterocycles. The molecule has 4 rings (SSSR count). The Hall–Kier alpha value is -3.69. The lowest BCUT2D eigenvalue weighted by atomic mass is 10.2. The van der Waals surface area contributed by atoms with Crippen LogP contribution in [-0.2, 0) is 30.2 Å². The molecule has 2 aromatic heterocycles. The lowest BCUT2D eigenvalue weighted by molar-refractivity contribution is -0.117. The molecule has 10 nitrogen and oxygen atoms in total. The number of hydrogen-bond donors (Lipinski definition) is 1. The van der Waals surface area contributed by atoms with Crippen molar-refractivity contribution in [2.75, 3.05) is 16.8 Å². The average molecular weight is 396 g/mol. The zero-order valence-corrected chi connectivity index (χ0v) is 16.1. The topological polar surface area (TPSA) is 111 Å². The maximum atomic E-state index is 12.7. The summed E-state index contributed by atoms with van der Waals surface area (Å²) in [7, 11) is 2.90. The molecule has 0 spiro atoms. The molecule has 10 heteroatoms. The summed E-state index contributed by atoms with van der Waals surface area (Å²) in [4.78, 5) is 55.1. The van der Waals surface area contributed by atoms with Crippen LogP contribution in [-0.4, -0.2) is 37.0 Å². The monoisotopic (exact) mass is 396 g/mol. The van der Waals surface area contributed by atoms with Gasteiger partial charge in [0.15, 0.2) is 11.2 Å². The number of hydrogen-bond acceptors (Lipinski definition) is 5. The Bertz CT molecular complexity index is 1250. The van der Waals surface area contributed by atoms with Crippen LogP contribution in [0.3, 0.4) is 0 Å². The van der Waals surface area contributed by atoms with Crippen LogP contribution in [0.15, 0.2) is 40.2 Å². The van der Waals surface area contributed by atoms with Crippen molar-refractivity contribution in [3.63, 3.8) is 0 Å². The Balaban J connectivity index is 1.63. The van der Waals surface area contributed by atoms with Crippen molar-refractivity contribution in [2.45, 2.75) is 19.4 Å². The van der Waals surface area contributed by atoms with Gasteiger partial charge in [-0.05, 0) is 18.6 Å². The largest absolute Gasteiger partial charge is 0.332 e. The second-order valence-electron chi connectivity index (χ2n) is 6.96. The van der Waals surface area contributed by atoms with E-state index in [2.05, 4.69) is 10.3 Å². The van der Waals surface area contributed by atoms with E-state index in [1.807, 2.05) is 6.07 Å². The van der Waals surface area contributed by atoms with E-state index in [-0.39, 0.29) is 29.5 Å². The summed E-state index contributed by atoms with van der Waals surface area (Å²) in [6.45, 7) is 0.453. The molecule has 29 heavy (non-hydrogen) atoms. The van der Waals surface area contributed by atoms with Crippen molar-refractivity contribution < 1.29 is 9.59 Å². The molecule has 0 unspecified atom stereocenters. The van der Waals surface area contributed by atoms with Crippen LogP contribution in [0, 0.1) is 0 Å². The Morgan fingerprint density at radius 2 is 1.90 bits per heavy atom. The average Bonchev–Trinajstić information content (AvgIpc) is 3.31. The summed E-state index contributed by atoms with van der Waals surface area (Å²) in [5.41, 5.74) is 0.564. The van der Waals surface area contributed by atoms with E-state index in [1.165, 1.54) is 29.6 Å². The molecular formula is C19H20N6O4. The fraction of sp³-hybridized carbons (Fsp3) is 0.316. The van der Waals surface area contributed by atoms with Gasteiger partial charge in [0.25, 0.3) is 5.56 Å². The van der Waals surface area contributed by atoms with Gasteiger partial charge in [0.2, 0.25) is 11.8 Å². The number of amides is 2. The second-order valence-corrected chi connectivity index (χ2v) is 6.96. The lowest BCUT2D eigenvalue weighted by Gasteiger charge is -2.20. The summed E-state index contributed by atoms with van der Waals surface area (Å²) in [5.74, 6) is -0.351. The highest BCUT2D eigenvalue weighted by Gasteiger charge is 2.24. The highest BCUT2D eigenvalue weighted by Crippen LogP contribution is 2.29. The molecular weight excluding hydrogens is 376 g/mol. The smallest absolute Gasteiger partial charge is 0.323 e. The fourth-order valence-electron chi connectivity index (χ4n) is 3.58. The number of imidazole rings is 1. The predicted molar refractivity (Wildman–Crippen MR) is 107 cm³/mol. The normalized spacial score (nSPS) is 14.0. The van der Waals surface area contributed by atoms with Gasteiger partial charge in [0.05, 0.1) is 17.7 Å². The first-order valence-electron chi connectivity index (χ1n) is 9.18. The third kappa shape index (κ3) is 3.12. The molecule has 150 valence electrons. The van der Waals surface area contributed by atoms with Crippen LogP contribution in [0.1, 0.15) is 12.8 Å². The van der Waals surface area contributed by atoms with E-state index in [1.54, 1.807) is 23.1 Å². The Morgan fingerprint density at radius 3 is 2.62 bits per heavy atom. The van der Waals surface area contributed by atoms with Gasteiger partial charge in [0.1, 0.15) is 6.54 Å². The van der Waals surface area contributed by atoms with Crippen LogP contribution in [0.2, 0.25) is 0 Å². The quantitative estimate of drug-likeness (QED) is 0.677. The molecule has 0 radical (unpaired) electrons. The van der Waals surface area contributed by atoms with Crippen molar-refractivity contribution in [1.29, 1.82) is 0 Å². The molecule has 1 aliphatic rings. The van der Waals surface area contributed by atoms with Crippen LogP contribution >= 0.6 is 0 Å². The van der Waals surface area contributed by atoms with Gasteiger partial charge in [-0.3, -0.25) is 23.5 Å². The van der Waals surface area contributed by atoms with Gasteiger partial charge in [-0.1, -0.05) is 12.1 Å². The predicted octanol–water partition coefficient (Wildman–Crippen LogP) is 0.199. The first kappa shape index (κ1) is 18.7. The number of aryl methyl sites for hydroxylation is 1. The van der Waals surface area contributed by atoms with Crippen molar-refractivity contribution in [1.82, 2.24) is 18.7 Å². The van der Waals surface area contributed by atoms with Crippen molar-refractivity contribution in [2.24, 2.45) is 14.1 Å². The molecule has 0 bridgehead atoms. The van der Waals surface area contributed by atoms with Gasteiger partial charge < -0.3 is 14.8 Å². The van der Waals surface area contributed by atoms with E-state index in [0.717, 1.165) is 11.0 Å². The number of nitrogens with zero attached hydrogens (tertiary/aromatic N) is 5. The Morgan fingerprint density at radius 1 is 1.14 bits per heavy atom. The van der Waals surface area contributed by atoms with E-state index in [9.17, 15) is 19.2 Å². The molecule has 1 aromatic carbocycles. The van der Waals surface area contributed by atoms with Crippen molar-refractivity contribution in [3.8, 4) is 0 Å². The second kappa shape index (κ2) is 7.04.